The molecule has 0 spiro atoms. The molecule has 1 aromatic rings. The van der Waals surface area contributed by atoms with Crippen molar-refractivity contribution in [2.24, 2.45) is 5.73 Å². The molecule has 0 aliphatic rings. The number of nitrogens with zero attached hydrogens (tertiary/aromatic N) is 2. The summed E-state index contributed by atoms with van der Waals surface area (Å²) in [7, 11) is -0.708. The second-order valence-electron chi connectivity index (χ2n) is 3.04. The van der Waals surface area contributed by atoms with E-state index < -0.39 is 15.9 Å². The maximum absolute atomic E-state index is 11.7. The molecule has 0 atom stereocenters. The van der Waals surface area contributed by atoms with E-state index in [1.807, 2.05) is 0 Å². The fourth-order valence-electron chi connectivity index (χ4n) is 0.893. The van der Waals surface area contributed by atoms with Crippen molar-refractivity contribution in [2.75, 3.05) is 14.1 Å². The Bertz CT molecular complexity index is 490. The lowest BCUT2D eigenvalue weighted by atomic mass is 10.6. The molecule has 0 saturated carbocycles. The normalized spacial score (nSPS) is 12.0. The molecule has 0 bridgehead atoms. The highest BCUT2D eigenvalue weighted by atomic mass is 32.2. The fraction of sp³-hybridized carbons (Fsp3) is 0.429. The molecular formula is C7H11N3O3S2. The number of amides is 1. The smallest absolute Gasteiger partial charge is 0.277 e. The first-order chi connectivity index (χ1) is 6.76. The molecule has 0 aromatic carbocycles. The second-order valence-corrected chi connectivity index (χ2v) is 6.39. The Morgan fingerprint density at radius 2 is 2.00 bits per heavy atom. The van der Waals surface area contributed by atoms with E-state index in [-0.39, 0.29) is 9.22 Å². The Morgan fingerprint density at radius 3 is 2.33 bits per heavy atom. The predicted octanol–water partition coefficient (Wildman–Crippen LogP) is -0.199. The van der Waals surface area contributed by atoms with Crippen molar-refractivity contribution in [3.8, 4) is 0 Å². The maximum Gasteiger partial charge on any atom is 0.277 e. The molecule has 0 aliphatic heterocycles. The van der Waals surface area contributed by atoms with Gasteiger partial charge in [-0.3, -0.25) is 4.79 Å². The largest absolute Gasteiger partial charge is 0.364 e. The lowest BCUT2D eigenvalue weighted by molar-refractivity contribution is 0.1000. The Kier molecular flexibility index (Phi) is 3.12. The van der Waals surface area contributed by atoms with Gasteiger partial charge in [-0.1, -0.05) is 11.3 Å². The zero-order valence-corrected chi connectivity index (χ0v) is 10.1. The maximum atomic E-state index is 11.7. The van der Waals surface area contributed by atoms with Gasteiger partial charge in [0.1, 0.15) is 0 Å². The van der Waals surface area contributed by atoms with Gasteiger partial charge in [0.25, 0.3) is 15.9 Å². The van der Waals surface area contributed by atoms with Gasteiger partial charge in [0.2, 0.25) is 0 Å². The van der Waals surface area contributed by atoms with E-state index >= 15 is 0 Å². The summed E-state index contributed by atoms with van der Waals surface area (Å²) >= 11 is 0.788. The summed E-state index contributed by atoms with van der Waals surface area (Å²) in [5, 5.41) is 0.00734. The van der Waals surface area contributed by atoms with Crippen LogP contribution in [0.2, 0.25) is 0 Å². The molecule has 8 heteroatoms. The highest BCUT2D eigenvalue weighted by molar-refractivity contribution is 7.91. The third kappa shape index (κ3) is 2.16. The number of hydrogen-bond acceptors (Lipinski definition) is 5. The van der Waals surface area contributed by atoms with Crippen molar-refractivity contribution in [3.05, 3.63) is 10.7 Å². The third-order valence-electron chi connectivity index (χ3n) is 1.68. The van der Waals surface area contributed by atoms with Crippen LogP contribution < -0.4 is 5.73 Å². The number of primary amides is 1. The van der Waals surface area contributed by atoms with Crippen molar-refractivity contribution < 1.29 is 13.2 Å². The van der Waals surface area contributed by atoms with Crippen molar-refractivity contribution in [3.63, 3.8) is 0 Å². The molecule has 1 heterocycles. The summed E-state index contributed by atoms with van der Waals surface area (Å²) in [5.41, 5.74) is 5.31. The van der Waals surface area contributed by atoms with E-state index in [1.165, 1.54) is 21.0 Å². The molecule has 2 N–H and O–H groups in total. The highest BCUT2D eigenvalue weighted by Crippen LogP contribution is 2.25. The van der Waals surface area contributed by atoms with Crippen LogP contribution in [0, 0.1) is 6.92 Å². The SMILES string of the molecule is Cc1nc(C(N)=O)sc1S(=O)(=O)N(C)C. The van der Waals surface area contributed by atoms with E-state index in [4.69, 9.17) is 5.73 Å². The number of carbonyl (C=O) groups is 1. The summed E-state index contributed by atoms with van der Waals surface area (Å²) in [4.78, 5) is 14.6. The van der Waals surface area contributed by atoms with Crippen molar-refractivity contribution in [2.45, 2.75) is 11.1 Å². The van der Waals surface area contributed by atoms with Gasteiger partial charge >= 0.3 is 0 Å². The second kappa shape index (κ2) is 3.87. The Balaban J connectivity index is 3.34. The number of aryl methyl sites for hydroxylation is 1. The molecule has 0 unspecified atom stereocenters. The fourth-order valence-corrected chi connectivity index (χ4v) is 3.40. The molecule has 0 saturated heterocycles. The van der Waals surface area contributed by atoms with Crippen molar-refractivity contribution in [1.82, 2.24) is 9.29 Å². The molecule has 84 valence electrons. The highest BCUT2D eigenvalue weighted by Gasteiger charge is 2.25. The average molecular weight is 249 g/mol. The van der Waals surface area contributed by atoms with Crippen LogP contribution >= 0.6 is 11.3 Å². The molecule has 6 nitrogen and oxygen atoms in total. The Hall–Kier alpha value is -0.990. The van der Waals surface area contributed by atoms with E-state index in [0.29, 0.717) is 5.69 Å². The van der Waals surface area contributed by atoms with E-state index in [0.717, 1.165) is 15.6 Å². The van der Waals surface area contributed by atoms with E-state index in [9.17, 15) is 13.2 Å². The Morgan fingerprint density at radius 1 is 1.47 bits per heavy atom. The van der Waals surface area contributed by atoms with Crippen LogP contribution in [0.5, 0.6) is 0 Å². The molecular weight excluding hydrogens is 238 g/mol. The molecule has 0 aliphatic carbocycles. The number of aromatic nitrogens is 1. The number of sulfonamides is 1. The number of thiazole rings is 1. The summed E-state index contributed by atoms with van der Waals surface area (Å²) in [6.07, 6.45) is 0. The van der Waals surface area contributed by atoms with Crippen LogP contribution in [0.4, 0.5) is 0 Å². The summed E-state index contributed by atoms with van der Waals surface area (Å²) in [6.45, 7) is 1.53. The van der Waals surface area contributed by atoms with Gasteiger partial charge in [0, 0.05) is 14.1 Å². The van der Waals surface area contributed by atoms with Gasteiger partial charge in [0.05, 0.1) is 5.69 Å². The number of carbonyl (C=O) groups excluding carboxylic acids is 1. The van der Waals surface area contributed by atoms with Crippen molar-refractivity contribution >= 4 is 27.3 Å². The summed E-state index contributed by atoms with van der Waals surface area (Å²) < 4.78 is 24.6. The molecule has 1 aromatic heterocycles. The predicted molar refractivity (Wildman–Crippen MR) is 56.2 cm³/mol. The molecule has 15 heavy (non-hydrogen) atoms. The quantitative estimate of drug-likeness (QED) is 0.802. The average Bonchev–Trinajstić information content (AvgIpc) is 2.47. The minimum absolute atomic E-state index is 0.00734. The summed E-state index contributed by atoms with van der Waals surface area (Å²) in [5.74, 6) is -0.719. The van der Waals surface area contributed by atoms with Crippen LogP contribution in [0.25, 0.3) is 0 Å². The van der Waals surface area contributed by atoms with Crippen LogP contribution in [-0.4, -0.2) is 37.7 Å². The van der Waals surface area contributed by atoms with Gasteiger partial charge in [-0.05, 0) is 6.92 Å². The Labute approximate surface area is 91.8 Å². The standard InChI is InChI=1S/C7H11N3O3S2/c1-4-7(15(12,13)10(2)3)14-6(9-4)5(8)11/h1-3H3,(H2,8,11). The number of rotatable bonds is 3. The number of nitrogens with two attached hydrogens (primary N) is 1. The van der Waals surface area contributed by atoms with Crippen LogP contribution in [0.1, 0.15) is 15.5 Å². The number of hydrogen-bond donors (Lipinski definition) is 1. The topological polar surface area (TPSA) is 93.4 Å². The first kappa shape index (κ1) is 12.1. The summed E-state index contributed by atoms with van der Waals surface area (Å²) in [6, 6.07) is 0. The van der Waals surface area contributed by atoms with Gasteiger partial charge in [-0.25, -0.2) is 17.7 Å². The van der Waals surface area contributed by atoms with Crippen LogP contribution in [0.3, 0.4) is 0 Å². The molecule has 0 radical (unpaired) electrons. The zero-order chi connectivity index (χ0) is 11.8. The van der Waals surface area contributed by atoms with E-state index in [1.54, 1.807) is 0 Å². The first-order valence-corrected chi connectivity index (χ1v) is 6.22. The zero-order valence-electron chi connectivity index (χ0n) is 8.51. The minimum Gasteiger partial charge on any atom is -0.364 e. The molecule has 0 fully saturated rings. The minimum atomic E-state index is -3.54. The van der Waals surface area contributed by atoms with Gasteiger partial charge in [-0.15, -0.1) is 0 Å². The molecule has 1 rings (SSSR count). The van der Waals surface area contributed by atoms with Gasteiger partial charge in [-0.2, -0.15) is 0 Å². The first-order valence-electron chi connectivity index (χ1n) is 3.96. The lowest BCUT2D eigenvalue weighted by Crippen LogP contribution is -2.21. The lowest BCUT2D eigenvalue weighted by Gasteiger charge is -2.08. The monoisotopic (exact) mass is 249 g/mol. The third-order valence-corrected chi connectivity index (χ3v) is 5.25. The van der Waals surface area contributed by atoms with E-state index in [2.05, 4.69) is 4.98 Å². The van der Waals surface area contributed by atoms with Crippen LogP contribution in [-0.2, 0) is 10.0 Å². The van der Waals surface area contributed by atoms with Gasteiger partial charge < -0.3 is 5.73 Å². The van der Waals surface area contributed by atoms with Crippen LogP contribution in [0.15, 0.2) is 4.21 Å². The van der Waals surface area contributed by atoms with Gasteiger partial charge in [0.15, 0.2) is 9.22 Å². The van der Waals surface area contributed by atoms with Crippen molar-refractivity contribution in [1.29, 1.82) is 0 Å². The molecule has 1 amide bonds.